The van der Waals surface area contributed by atoms with Crippen molar-refractivity contribution in [3.8, 4) is 0 Å². The fourth-order valence-corrected chi connectivity index (χ4v) is 3.69. The van der Waals surface area contributed by atoms with E-state index in [1.54, 1.807) is 11.8 Å². The third-order valence-corrected chi connectivity index (χ3v) is 5.00. The van der Waals surface area contributed by atoms with E-state index in [2.05, 4.69) is 14.7 Å². The van der Waals surface area contributed by atoms with E-state index < -0.39 is 5.54 Å². The van der Waals surface area contributed by atoms with Crippen LogP contribution in [-0.2, 0) is 9.53 Å². The number of nitrogens with zero attached hydrogens (tertiary/aromatic N) is 2. The molecule has 0 saturated heterocycles. The highest BCUT2D eigenvalue weighted by Gasteiger charge is 2.38. The van der Waals surface area contributed by atoms with Crippen LogP contribution in [0.4, 0.5) is 0 Å². The van der Waals surface area contributed by atoms with Gasteiger partial charge in [-0.1, -0.05) is 11.8 Å². The lowest BCUT2D eigenvalue weighted by Gasteiger charge is -2.27. The van der Waals surface area contributed by atoms with Crippen LogP contribution in [0.3, 0.4) is 0 Å². The maximum absolute atomic E-state index is 11.9. The lowest BCUT2D eigenvalue weighted by molar-refractivity contribution is -0.148. The molecule has 0 bridgehead atoms. The van der Waals surface area contributed by atoms with Gasteiger partial charge in [0.15, 0.2) is 4.34 Å². The van der Waals surface area contributed by atoms with Crippen molar-refractivity contribution < 1.29 is 9.53 Å². The maximum Gasteiger partial charge on any atom is 0.325 e. The molecule has 1 saturated carbocycles. The Labute approximate surface area is 121 Å². The SMILES string of the molecule is COC(=O)C(C)(CCSc1nc(C)ns1)NC1CC1. The van der Waals surface area contributed by atoms with Crippen LogP contribution < -0.4 is 5.32 Å². The van der Waals surface area contributed by atoms with Crippen molar-refractivity contribution in [3.05, 3.63) is 5.82 Å². The van der Waals surface area contributed by atoms with E-state index in [1.165, 1.54) is 18.6 Å². The fourth-order valence-electron chi connectivity index (χ4n) is 1.82. The number of ether oxygens (including phenoxy) is 1. The van der Waals surface area contributed by atoms with Crippen molar-refractivity contribution in [3.63, 3.8) is 0 Å². The predicted octanol–water partition coefficient (Wildman–Crippen LogP) is 2.01. The molecule has 1 aromatic rings. The minimum Gasteiger partial charge on any atom is -0.468 e. The maximum atomic E-state index is 11.9. The topological polar surface area (TPSA) is 64.1 Å². The molecule has 0 aromatic carbocycles. The van der Waals surface area contributed by atoms with Gasteiger partial charge in [0, 0.05) is 11.8 Å². The van der Waals surface area contributed by atoms with Crippen molar-refractivity contribution in [2.24, 2.45) is 0 Å². The number of rotatable bonds is 7. The normalized spacial score (nSPS) is 18.1. The molecule has 1 aliphatic rings. The molecule has 19 heavy (non-hydrogen) atoms. The Morgan fingerprint density at radius 2 is 2.37 bits per heavy atom. The molecule has 0 spiro atoms. The second kappa shape index (κ2) is 6.19. The lowest BCUT2D eigenvalue weighted by atomic mass is 9.99. The van der Waals surface area contributed by atoms with Crippen LogP contribution in [0.1, 0.15) is 32.0 Å². The minimum atomic E-state index is -0.595. The fraction of sp³-hybridized carbons (Fsp3) is 0.750. The molecule has 2 rings (SSSR count). The number of nitrogens with one attached hydrogen (secondary N) is 1. The van der Waals surface area contributed by atoms with E-state index in [1.807, 2.05) is 13.8 Å². The Balaban J connectivity index is 1.86. The van der Waals surface area contributed by atoms with Gasteiger partial charge in [0.1, 0.15) is 11.4 Å². The molecule has 7 heteroatoms. The number of methoxy groups -OCH3 is 1. The smallest absolute Gasteiger partial charge is 0.325 e. The summed E-state index contributed by atoms with van der Waals surface area (Å²) in [5.74, 6) is 1.44. The molecular weight excluding hydrogens is 282 g/mol. The van der Waals surface area contributed by atoms with Crippen molar-refractivity contribution >= 4 is 29.3 Å². The van der Waals surface area contributed by atoms with Crippen LogP contribution in [0.15, 0.2) is 4.34 Å². The molecule has 1 aromatic heterocycles. The summed E-state index contributed by atoms with van der Waals surface area (Å²) < 4.78 is 10.0. The molecule has 0 radical (unpaired) electrons. The molecule has 0 amide bonds. The first-order valence-corrected chi connectivity index (χ1v) is 8.08. The second-order valence-corrected chi connectivity index (χ2v) is 7.04. The van der Waals surface area contributed by atoms with Gasteiger partial charge in [-0.3, -0.25) is 10.1 Å². The van der Waals surface area contributed by atoms with E-state index in [-0.39, 0.29) is 5.97 Å². The van der Waals surface area contributed by atoms with E-state index >= 15 is 0 Å². The standard InChI is InChI=1S/C12H19N3O2S2/c1-8-13-11(19-15-8)18-7-6-12(2,10(16)17-3)14-9-4-5-9/h9,14H,4-7H2,1-3H3. The van der Waals surface area contributed by atoms with Crippen LogP contribution in [0, 0.1) is 6.92 Å². The van der Waals surface area contributed by atoms with E-state index in [4.69, 9.17) is 4.74 Å². The Bertz CT molecular complexity index is 448. The van der Waals surface area contributed by atoms with Crippen LogP contribution in [0.2, 0.25) is 0 Å². The summed E-state index contributed by atoms with van der Waals surface area (Å²) in [5, 5.41) is 3.39. The molecule has 1 heterocycles. The Kier molecular flexibility index (Phi) is 4.81. The first-order chi connectivity index (χ1) is 9.03. The molecule has 1 atom stereocenters. The van der Waals surface area contributed by atoms with Gasteiger partial charge in [-0.15, -0.1) is 0 Å². The Hall–Kier alpha value is -0.660. The second-order valence-electron chi connectivity index (χ2n) is 4.95. The summed E-state index contributed by atoms with van der Waals surface area (Å²) in [7, 11) is 1.44. The Morgan fingerprint density at radius 1 is 1.63 bits per heavy atom. The van der Waals surface area contributed by atoms with Crippen molar-refractivity contribution in [2.45, 2.75) is 49.0 Å². The van der Waals surface area contributed by atoms with Gasteiger partial charge in [0.05, 0.1) is 7.11 Å². The van der Waals surface area contributed by atoms with Crippen LogP contribution in [-0.4, -0.2) is 39.8 Å². The van der Waals surface area contributed by atoms with Gasteiger partial charge in [-0.25, -0.2) is 4.98 Å². The zero-order chi connectivity index (χ0) is 13.9. The highest BCUT2D eigenvalue weighted by Crippen LogP contribution is 2.28. The Morgan fingerprint density at radius 3 is 2.89 bits per heavy atom. The van der Waals surface area contributed by atoms with Gasteiger partial charge in [0.2, 0.25) is 0 Å². The van der Waals surface area contributed by atoms with Crippen molar-refractivity contribution in [1.29, 1.82) is 0 Å². The lowest BCUT2D eigenvalue weighted by Crippen LogP contribution is -2.51. The molecule has 1 fully saturated rings. The van der Waals surface area contributed by atoms with Gasteiger partial charge < -0.3 is 4.74 Å². The summed E-state index contributed by atoms with van der Waals surface area (Å²) >= 11 is 3.05. The number of carbonyl (C=O) groups excluding carboxylic acids is 1. The van der Waals surface area contributed by atoms with Gasteiger partial charge >= 0.3 is 5.97 Å². The van der Waals surface area contributed by atoms with Crippen LogP contribution in [0.25, 0.3) is 0 Å². The number of aryl methyl sites for hydroxylation is 1. The highest BCUT2D eigenvalue weighted by molar-refractivity contribution is 8.00. The van der Waals surface area contributed by atoms with Gasteiger partial charge in [-0.2, -0.15) is 4.37 Å². The van der Waals surface area contributed by atoms with Crippen molar-refractivity contribution in [2.75, 3.05) is 12.9 Å². The largest absolute Gasteiger partial charge is 0.468 e. The highest BCUT2D eigenvalue weighted by atomic mass is 32.2. The van der Waals surface area contributed by atoms with E-state index in [9.17, 15) is 4.79 Å². The van der Waals surface area contributed by atoms with Crippen molar-refractivity contribution in [1.82, 2.24) is 14.7 Å². The molecule has 1 aliphatic carbocycles. The summed E-state index contributed by atoms with van der Waals surface area (Å²) in [6, 6.07) is 0.470. The third-order valence-electron chi connectivity index (χ3n) is 3.07. The molecule has 1 unspecified atom stereocenters. The number of hydrogen-bond acceptors (Lipinski definition) is 7. The number of hydrogen-bond donors (Lipinski definition) is 1. The minimum absolute atomic E-state index is 0.187. The molecule has 1 N–H and O–H groups in total. The predicted molar refractivity (Wildman–Crippen MR) is 76.6 cm³/mol. The number of aromatic nitrogens is 2. The summed E-state index contributed by atoms with van der Waals surface area (Å²) in [4.78, 5) is 16.2. The molecular formula is C12H19N3O2S2. The van der Waals surface area contributed by atoms with Crippen LogP contribution in [0.5, 0.6) is 0 Å². The molecule has 106 valence electrons. The monoisotopic (exact) mass is 301 g/mol. The first kappa shape index (κ1) is 14.7. The molecule has 5 nitrogen and oxygen atoms in total. The van der Waals surface area contributed by atoms with Crippen LogP contribution >= 0.6 is 23.3 Å². The number of carbonyl (C=O) groups is 1. The summed E-state index contributed by atoms with van der Waals surface area (Å²) in [6.07, 6.45) is 3.02. The quantitative estimate of drug-likeness (QED) is 0.614. The molecule has 0 aliphatic heterocycles. The van der Waals surface area contributed by atoms with Gasteiger partial charge in [0.25, 0.3) is 0 Å². The average Bonchev–Trinajstić information content (AvgIpc) is 3.09. The summed E-state index contributed by atoms with van der Waals surface area (Å²) in [6.45, 7) is 3.80. The number of esters is 1. The van der Waals surface area contributed by atoms with E-state index in [0.29, 0.717) is 6.04 Å². The average molecular weight is 301 g/mol. The van der Waals surface area contributed by atoms with Gasteiger partial charge in [-0.05, 0) is 44.6 Å². The van der Waals surface area contributed by atoms with E-state index in [0.717, 1.165) is 35.2 Å². The zero-order valence-corrected chi connectivity index (χ0v) is 13.1. The number of thioether (sulfide) groups is 1. The zero-order valence-electron chi connectivity index (χ0n) is 11.4. The third kappa shape index (κ3) is 4.15. The summed E-state index contributed by atoms with van der Waals surface area (Å²) in [5.41, 5.74) is -0.595. The first-order valence-electron chi connectivity index (χ1n) is 6.33.